The van der Waals surface area contributed by atoms with E-state index in [4.69, 9.17) is 0 Å². The van der Waals surface area contributed by atoms with Crippen molar-refractivity contribution in [2.75, 3.05) is 31.1 Å². The van der Waals surface area contributed by atoms with Gasteiger partial charge in [0.25, 0.3) is 0 Å². The number of aromatic nitrogens is 3. The van der Waals surface area contributed by atoms with E-state index in [0.717, 1.165) is 38.0 Å². The summed E-state index contributed by atoms with van der Waals surface area (Å²) in [5, 5.41) is 19.2. The number of amides is 1. The Labute approximate surface area is 149 Å². The molecular formula is C18H29N5O2. The number of carbonyl (C=O) groups is 1. The van der Waals surface area contributed by atoms with Crippen molar-refractivity contribution in [3.63, 3.8) is 0 Å². The maximum Gasteiger partial charge on any atom is 0.227 e. The molecule has 1 aromatic heterocycles. The molecule has 7 heteroatoms. The number of rotatable bonds is 5. The van der Waals surface area contributed by atoms with Crippen LogP contribution in [0.3, 0.4) is 0 Å². The highest BCUT2D eigenvalue weighted by atomic mass is 16.3. The molecule has 25 heavy (non-hydrogen) atoms. The molecule has 3 atom stereocenters. The van der Waals surface area contributed by atoms with Gasteiger partial charge in [0.1, 0.15) is 5.82 Å². The van der Waals surface area contributed by atoms with Crippen molar-refractivity contribution in [3.8, 4) is 0 Å². The third-order valence-electron chi connectivity index (χ3n) is 5.73. The van der Waals surface area contributed by atoms with Crippen LogP contribution in [0.4, 0.5) is 5.95 Å². The summed E-state index contributed by atoms with van der Waals surface area (Å²) in [5.41, 5.74) is -0.868. The smallest absolute Gasteiger partial charge is 0.227 e. The minimum absolute atomic E-state index is 0.135. The summed E-state index contributed by atoms with van der Waals surface area (Å²) in [6.07, 6.45) is 1.84. The molecule has 2 aliphatic rings. The van der Waals surface area contributed by atoms with Crippen molar-refractivity contribution in [1.29, 1.82) is 0 Å². The highest BCUT2D eigenvalue weighted by Crippen LogP contribution is 2.35. The first-order valence-electron chi connectivity index (χ1n) is 8.99. The van der Waals surface area contributed by atoms with Crippen molar-refractivity contribution in [1.82, 2.24) is 19.7 Å². The summed E-state index contributed by atoms with van der Waals surface area (Å²) in [7, 11) is 0. The van der Waals surface area contributed by atoms with Crippen LogP contribution in [0.2, 0.25) is 0 Å². The SMILES string of the molecule is C=CCn1c(C(C)C(C)(C)O)nnc1N1C[C@H]2CN(C(C)=O)C[C@H]2C1. The lowest BCUT2D eigenvalue weighted by molar-refractivity contribution is -0.128. The highest BCUT2D eigenvalue weighted by molar-refractivity contribution is 5.73. The van der Waals surface area contributed by atoms with Crippen molar-refractivity contribution < 1.29 is 9.90 Å². The molecule has 0 aromatic carbocycles. The number of aliphatic hydroxyl groups is 1. The van der Waals surface area contributed by atoms with E-state index in [0.29, 0.717) is 18.4 Å². The van der Waals surface area contributed by atoms with E-state index in [9.17, 15) is 9.90 Å². The molecule has 3 heterocycles. The van der Waals surface area contributed by atoms with E-state index in [2.05, 4.69) is 26.2 Å². The molecule has 0 radical (unpaired) electrons. The van der Waals surface area contributed by atoms with E-state index in [1.54, 1.807) is 20.8 Å². The molecule has 138 valence electrons. The topological polar surface area (TPSA) is 74.5 Å². The molecule has 1 unspecified atom stereocenters. The van der Waals surface area contributed by atoms with Crippen LogP contribution in [-0.2, 0) is 11.3 Å². The monoisotopic (exact) mass is 347 g/mol. The Bertz CT molecular complexity index is 649. The normalized spacial score (nSPS) is 24.5. The van der Waals surface area contributed by atoms with E-state index in [1.165, 1.54) is 0 Å². The molecular weight excluding hydrogens is 318 g/mol. The minimum Gasteiger partial charge on any atom is -0.390 e. The summed E-state index contributed by atoms with van der Waals surface area (Å²) < 4.78 is 2.05. The van der Waals surface area contributed by atoms with Crippen LogP contribution in [-0.4, -0.2) is 62.5 Å². The van der Waals surface area contributed by atoms with Gasteiger partial charge in [-0.3, -0.25) is 9.36 Å². The minimum atomic E-state index is -0.868. The molecule has 0 bridgehead atoms. The quantitative estimate of drug-likeness (QED) is 0.812. The Hall–Kier alpha value is -1.89. The van der Waals surface area contributed by atoms with Gasteiger partial charge in [-0.2, -0.15) is 0 Å². The van der Waals surface area contributed by atoms with E-state index in [1.807, 2.05) is 17.9 Å². The van der Waals surface area contributed by atoms with Crippen LogP contribution in [0.5, 0.6) is 0 Å². The van der Waals surface area contributed by atoms with Crippen LogP contribution in [0.1, 0.15) is 39.4 Å². The number of hydrogen-bond donors (Lipinski definition) is 1. The van der Waals surface area contributed by atoms with Crippen molar-refractivity contribution >= 4 is 11.9 Å². The average Bonchev–Trinajstić information content (AvgIpc) is 3.17. The maximum atomic E-state index is 11.6. The lowest BCUT2D eigenvalue weighted by Crippen LogP contribution is -2.33. The number of allylic oxidation sites excluding steroid dienone is 1. The third-order valence-corrected chi connectivity index (χ3v) is 5.73. The van der Waals surface area contributed by atoms with Crippen LogP contribution in [0, 0.1) is 11.8 Å². The molecule has 7 nitrogen and oxygen atoms in total. The largest absolute Gasteiger partial charge is 0.390 e. The summed E-state index contributed by atoms with van der Waals surface area (Å²) in [4.78, 5) is 15.8. The van der Waals surface area contributed by atoms with Gasteiger partial charge >= 0.3 is 0 Å². The molecule has 2 saturated heterocycles. The third kappa shape index (κ3) is 3.29. The predicted octanol–water partition coefficient (Wildman–Crippen LogP) is 1.25. The predicted molar refractivity (Wildman–Crippen MR) is 96.4 cm³/mol. The average molecular weight is 347 g/mol. The molecule has 1 amide bonds. The van der Waals surface area contributed by atoms with Gasteiger partial charge in [0, 0.05) is 57.4 Å². The number of fused-ring (bicyclic) bond motifs is 1. The lowest BCUT2D eigenvalue weighted by Gasteiger charge is -2.27. The Morgan fingerprint density at radius 1 is 1.32 bits per heavy atom. The zero-order chi connectivity index (χ0) is 18.4. The summed E-state index contributed by atoms with van der Waals surface area (Å²) >= 11 is 0. The van der Waals surface area contributed by atoms with Gasteiger partial charge in [0.2, 0.25) is 11.9 Å². The number of likely N-dealkylation sites (tertiary alicyclic amines) is 1. The highest BCUT2D eigenvalue weighted by Gasteiger charge is 2.42. The first-order chi connectivity index (χ1) is 11.7. The zero-order valence-electron chi connectivity index (χ0n) is 15.6. The molecule has 3 rings (SSSR count). The summed E-state index contributed by atoms with van der Waals surface area (Å²) in [5.74, 6) is 2.64. The van der Waals surface area contributed by atoms with Crippen LogP contribution in [0.25, 0.3) is 0 Å². The molecule has 0 spiro atoms. The maximum absolute atomic E-state index is 11.6. The molecule has 2 aliphatic heterocycles. The fraction of sp³-hybridized carbons (Fsp3) is 0.722. The number of nitrogens with zero attached hydrogens (tertiary/aromatic N) is 5. The molecule has 0 aliphatic carbocycles. The number of anilines is 1. The van der Waals surface area contributed by atoms with Gasteiger partial charge in [-0.15, -0.1) is 16.8 Å². The van der Waals surface area contributed by atoms with Gasteiger partial charge in [0.05, 0.1) is 5.60 Å². The Morgan fingerprint density at radius 3 is 2.40 bits per heavy atom. The summed E-state index contributed by atoms with van der Waals surface area (Å²) in [6, 6.07) is 0. The van der Waals surface area contributed by atoms with Crippen LogP contribution in [0.15, 0.2) is 12.7 Å². The Morgan fingerprint density at radius 2 is 1.92 bits per heavy atom. The molecule has 2 fully saturated rings. The van der Waals surface area contributed by atoms with Gasteiger partial charge in [-0.05, 0) is 13.8 Å². The fourth-order valence-electron chi connectivity index (χ4n) is 3.89. The van der Waals surface area contributed by atoms with Crippen molar-refractivity contribution in [2.45, 2.75) is 45.8 Å². The second kappa shape index (κ2) is 6.44. The van der Waals surface area contributed by atoms with E-state index in [-0.39, 0.29) is 11.8 Å². The molecule has 1 N–H and O–H groups in total. The van der Waals surface area contributed by atoms with Crippen molar-refractivity contribution in [2.24, 2.45) is 11.8 Å². The summed E-state index contributed by atoms with van der Waals surface area (Å²) in [6.45, 7) is 15.1. The number of carbonyl (C=O) groups excluding carboxylic acids is 1. The Balaban J connectivity index is 1.81. The van der Waals surface area contributed by atoms with Gasteiger partial charge in [0.15, 0.2) is 0 Å². The van der Waals surface area contributed by atoms with Crippen LogP contribution < -0.4 is 4.90 Å². The van der Waals surface area contributed by atoms with Crippen LogP contribution >= 0.6 is 0 Å². The van der Waals surface area contributed by atoms with E-state index >= 15 is 0 Å². The van der Waals surface area contributed by atoms with E-state index < -0.39 is 5.60 Å². The molecule has 1 aromatic rings. The first-order valence-corrected chi connectivity index (χ1v) is 8.99. The molecule has 0 saturated carbocycles. The first kappa shape index (κ1) is 17.9. The lowest BCUT2D eigenvalue weighted by atomic mass is 9.92. The second-order valence-corrected chi connectivity index (χ2v) is 7.98. The zero-order valence-corrected chi connectivity index (χ0v) is 15.6. The van der Waals surface area contributed by atoms with Gasteiger partial charge in [-0.25, -0.2) is 0 Å². The second-order valence-electron chi connectivity index (χ2n) is 7.98. The fourth-order valence-corrected chi connectivity index (χ4v) is 3.89. The number of hydrogen-bond acceptors (Lipinski definition) is 5. The van der Waals surface area contributed by atoms with Gasteiger partial charge < -0.3 is 14.9 Å². The standard InChI is InChI=1S/C18H29N5O2/c1-6-7-23-16(12(2)18(4,5)25)19-20-17(23)22-10-14-8-21(13(3)24)9-15(14)11-22/h6,12,14-15,25H,1,7-11H2,2-5H3/t12?,14-,15+. The Kier molecular flexibility index (Phi) is 4.62. The van der Waals surface area contributed by atoms with Crippen molar-refractivity contribution in [3.05, 3.63) is 18.5 Å². The van der Waals surface area contributed by atoms with Gasteiger partial charge in [-0.1, -0.05) is 13.0 Å².